The molecule has 0 bridgehead atoms. The zero-order valence-electron chi connectivity index (χ0n) is 12.5. The SMILES string of the molecule is COc1cccc2c1OC[C@H](C(=O)NCc1nonc1C)C2. The van der Waals surface area contributed by atoms with Gasteiger partial charge >= 0.3 is 0 Å². The second kappa shape index (κ2) is 6.05. The Morgan fingerprint density at radius 3 is 3.05 bits per heavy atom. The van der Waals surface area contributed by atoms with Crippen LogP contribution in [0.15, 0.2) is 22.8 Å². The van der Waals surface area contributed by atoms with E-state index in [1.807, 2.05) is 18.2 Å². The summed E-state index contributed by atoms with van der Waals surface area (Å²) in [5.41, 5.74) is 2.28. The molecular formula is C15H17N3O4. The minimum atomic E-state index is -0.236. The molecule has 1 aliphatic heterocycles. The minimum absolute atomic E-state index is 0.0733. The van der Waals surface area contributed by atoms with Gasteiger partial charge in [0.1, 0.15) is 18.0 Å². The molecule has 2 heterocycles. The lowest BCUT2D eigenvalue weighted by Crippen LogP contribution is -2.37. The first-order valence-corrected chi connectivity index (χ1v) is 7.03. The maximum atomic E-state index is 12.3. The Bertz CT molecular complexity index is 683. The largest absolute Gasteiger partial charge is 0.493 e. The van der Waals surface area contributed by atoms with Crippen molar-refractivity contribution in [2.45, 2.75) is 19.9 Å². The maximum Gasteiger partial charge on any atom is 0.227 e. The summed E-state index contributed by atoms with van der Waals surface area (Å²) in [7, 11) is 1.60. The van der Waals surface area contributed by atoms with Crippen LogP contribution in [0.25, 0.3) is 0 Å². The maximum absolute atomic E-state index is 12.3. The highest BCUT2D eigenvalue weighted by atomic mass is 16.6. The molecule has 3 rings (SSSR count). The first-order chi connectivity index (χ1) is 10.7. The van der Waals surface area contributed by atoms with Crippen molar-refractivity contribution in [1.29, 1.82) is 0 Å². The third kappa shape index (κ3) is 2.74. The number of para-hydroxylation sites is 1. The van der Waals surface area contributed by atoms with Gasteiger partial charge in [-0.15, -0.1) is 0 Å². The molecular weight excluding hydrogens is 286 g/mol. The summed E-state index contributed by atoms with van der Waals surface area (Å²) in [6, 6.07) is 5.69. The van der Waals surface area contributed by atoms with E-state index in [2.05, 4.69) is 20.3 Å². The van der Waals surface area contributed by atoms with Gasteiger partial charge in [-0.1, -0.05) is 22.4 Å². The molecule has 1 amide bonds. The number of aryl methyl sites for hydroxylation is 1. The number of benzene rings is 1. The quantitative estimate of drug-likeness (QED) is 0.915. The van der Waals surface area contributed by atoms with E-state index in [1.54, 1.807) is 14.0 Å². The van der Waals surface area contributed by atoms with Crippen molar-refractivity contribution in [1.82, 2.24) is 15.6 Å². The summed E-state index contributed by atoms with van der Waals surface area (Å²) in [6.45, 7) is 2.41. The number of rotatable bonds is 4. The summed E-state index contributed by atoms with van der Waals surface area (Å²) in [4.78, 5) is 12.3. The van der Waals surface area contributed by atoms with Gasteiger partial charge in [0.25, 0.3) is 0 Å². The summed E-state index contributed by atoms with van der Waals surface area (Å²) in [5, 5.41) is 10.3. The van der Waals surface area contributed by atoms with Crippen LogP contribution in [-0.4, -0.2) is 29.9 Å². The van der Waals surface area contributed by atoms with Crippen molar-refractivity contribution in [3.8, 4) is 11.5 Å². The molecule has 1 N–H and O–H groups in total. The molecule has 116 valence electrons. The monoisotopic (exact) mass is 303 g/mol. The average Bonchev–Trinajstić information content (AvgIpc) is 2.96. The van der Waals surface area contributed by atoms with Gasteiger partial charge in [-0.2, -0.15) is 0 Å². The van der Waals surface area contributed by atoms with Crippen molar-refractivity contribution in [3.05, 3.63) is 35.2 Å². The number of fused-ring (bicyclic) bond motifs is 1. The summed E-state index contributed by atoms with van der Waals surface area (Å²) in [6.07, 6.45) is 0.619. The first kappa shape index (κ1) is 14.4. The van der Waals surface area contributed by atoms with E-state index in [1.165, 1.54) is 0 Å². The molecule has 1 aliphatic rings. The van der Waals surface area contributed by atoms with Crippen LogP contribution in [0.3, 0.4) is 0 Å². The zero-order valence-corrected chi connectivity index (χ0v) is 12.5. The highest BCUT2D eigenvalue weighted by Crippen LogP contribution is 2.35. The van der Waals surface area contributed by atoms with Crippen molar-refractivity contribution in [3.63, 3.8) is 0 Å². The minimum Gasteiger partial charge on any atom is -0.493 e. The molecule has 7 nitrogen and oxygen atoms in total. The van der Waals surface area contributed by atoms with Crippen LogP contribution in [0.5, 0.6) is 11.5 Å². The van der Waals surface area contributed by atoms with Gasteiger partial charge in [-0.3, -0.25) is 4.79 Å². The molecule has 0 spiro atoms. The van der Waals surface area contributed by atoms with Gasteiger partial charge in [0, 0.05) is 0 Å². The highest BCUT2D eigenvalue weighted by molar-refractivity contribution is 5.79. The molecule has 0 fully saturated rings. The number of nitrogens with zero attached hydrogens (tertiary/aromatic N) is 2. The van der Waals surface area contributed by atoms with Crippen molar-refractivity contribution in [2.75, 3.05) is 13.7 Å². The molecule has 2 aromatic rings. The van der Waals surface area contributed by atoms with E-state index in [4.69, 9.17) is 9.47 Å². The Morgan fingerprint density at radius 1 is 1.45 bits per heavy atom. The molecule has 7 heteroatoms. The number of amides is 1. The fraction of sp³-hybridized carbons (Fsp3) is 0.400. The summed E-state index contributed by atoms with van der Waals surface area (Å²) >= 11 is 0. The number of carbonyl (C=O) groups excluding carboxylic acids is 1. The highest BCUT2D eigenvalue weighted by Gasteiger charge is 2.27. The second-order valence-electron chi connectivity index (χ2n) is 5.17. The molecule has 22 heavy (non-hydrogen) atoms. The van der Waals surface area contributed by atoms with Gasteiger partial charge in [0.05, 0.1) is 19.6 Å². The van der Waals surface area contributed by atoms with Gasteiger partial charge < -0.3 is 14.8 Å². The fourth-order valence-corrected chi connectivity index (χ4v) is 2.45. The van der Waals surface area contributed by atoms with Crippen molar-refractivity contribution >= 4 is 5.91 Å². The van der Waals surface area contributed by atoms with Gasteiger partial charge in [-0.25, -0.2) is 4.63 Å². The first-order valence-electron chi connectivity index (χ1n) is 7.03. The topological polar surface area (TPSA) is 86.5 Å². The Morgan fingerprint density at radius 2 is 2.32 bits per heavy atom. The van der Waals surface area contributed by atoms with Crippen molar-refractivity contribution < 1.29 is 18.9 Å². The molecule has 0 saturated heterocycles. The third-order valence-corrected chi connectivity index (χ3v) is 3.72. The lowest BCUT2D eigenvalue weighted by atomic mass is 9.95. The number of ether oxygens (including phenoxy) is 2. The van der Waals surface area contributed by atoms with Gasteiger partial charge in [0.15, 0.2) is 11.5 Å². The predicted molar refractivity (Wildman–Crippen MR) is 76.6 cm³/mol. The van der Waals surface area contributed by atoms with Crippen LogP contribution in [0.1, 0.15) is 17.0 Å². The zero-order chi connectivity index (χ0) is 15.5. The molecule has 1 aromatic heterocycles. The number of nitrogens with one attached hydrogen (secondary N) is 1. The normalized spacial score (nSPS) is 16.5. The van der Waals surface area contributed by atoms with E-state index in [9.17, 15) is 4.79 Å². The van der Waals surface area contributed by atoms with Crippen LogP contribution >= 0.6 is 0 Å². The van der Waals surface area contributed by atoms with Gasteiger partial charge in [-0.05, 0) is 25.0 Å². The van der Waals surface area contributed by atoms with Crippen molar-refractivity contribution in [2.24, 2.45) is 5.92 Å². The summed E-state index contributed by atoms with van der Waals surface area (Å²) < 4.78 is 15.6. The van der Waals surface area contributed by atoms with Crippen LogP contribution in [0, 0.1) is 12.8 Å². The smallest absolute Gasteiger partial charge is 0.227 e. The molecule has 1 aromatic carbocycles. The molecule has 0 unspecified atom stereocenters. The molecule has 1 atom stereocenters. The van der Waals surface area contributed by atoms with E-state index in [0.29, 0.717) is 36.7 Å². The Labute approximate surface area is 127 Å². The standard InChI is InChI=1S/C15H17N3O4/c1-9-12(18-22-17-9)7-16-15(19)11-6-10-4-3-5-13(20-2)14(10)21-8-11/h3-5,11H,6-8H2,1-2H3,(H,16,19)/t11-/m1/s1. The van der Waals surface area contributed by atoms with Gasteiger partial charge in [0.2, 0.25) is 5.91 Å². The van der Waals surface area contributed by atoms with Crippen LogP contribution in [0.2, 0.25) is 0 Å². The van der Waals surface area contributed by atoms with E-state index < -0.39 is 0 Å². The summed E-state index contributed by atoms with van der Waals surface area (Å²) in [5.74, 6) is 1.11. The van der Waals surface area contributed by atoms with E-state index in [-0.39, 0.29) is 11.8 Å². The molecule has 0 radical (unpaired) electrons. The average molecular weight is 303 g/mol. The number of carbonyl (C=O) groups is 1. The number of methoxy groups -OCH3 is 1. The second-order valence-corrected chi connectivity index (χ2v) is 5.17. The Balaban J connectivity index is 1.64. The Hall–Kier alpha value is -2.57. The Kier molecular flexibility index (Phi) is 3.95. The third-order valence-electron chi connectivity index (χ3n) is 3.72. The fourth-order valence-electron chi connectivity index (χ4n) is 2.45. The van der Waals surface area contributed by atoms with E-state index in [0.717, 1.165) is 11.3 Å². The van der Waals surface area contributed by atoms with E-state index >= 15 is 0 Å². The predicted octanol–water partition coefficient (Wildman–Crippen LogP) is 1.25. The number of aromatic nitrogens is 2. The number of hydrogen-bond donors (Lipinski definition) is 1. The van der Waals surface area contributed by atoms with Crippen LogP contribution in [0.4, 0.5) is 0 Å². The van der Waals surface area contributed by atoms with Crippen LogP contribution in [-0.2, 0) is 17.8 Å². The number of hydrogen-bond acceptors (Lipinski definition) is 6. The molecule has 0 saturated carbocycles. The lowest BCUT2D eigenvalue weighted by Gasteiger charge is -2.25. The van der Waals surface area contributed by atoms with Crippen LogP contribution < -0.4 is 14.8 Å². The molecule has 0 aliphatic carbocycles. The lowest BCUT2D eigenvalue weighted by molar-refractivity contribution is -0.126.